The van der Waals surface area contributed by atoms with Gasteiger partial charge in [0.15, 0.2) is 11.9 Å². The Morgan fingerprint density at radius 3 is 2.62 bits per heavy atom. The standard InChI is InChI=1S/C9H12ClN5O/c1-16-7-3-2-5(4-6(7)10)14-9(13)15-8(11)12/h2-4H,1H3,(H6,11,12,13,14,15). The van der Waals surface area contributed by atoms with E-state index >= 15 is 0 Å². The average Bonchev–Trinajstić information content (AvgIpc) is 2.16. The van der Waals surface area contributed by atoms with Crippen LogP contribution in [0.4, 0.5) is 5.69 Å². The molecular formula is C9H12ClN5O. The van der Waals surface area contributed by atoms with Gasteiger partial charge in [-0.3, -0.25) is 16.1 Å². The molecule has 6 nitrogen and oxygen atoms in total. The van der Waals surface area contributed by atoms with Crippen molar-refractivity contribution in [3.05, 3.63) is 23.2 Å². The summed E-state index contributed by atoms with van der Waals surface area (Å²) in [5.74, 6) is 0.143. The molecule has 0 saturated carbocycles. The molecule has 0 aliphatic rings. The Morgan fingerprint density at radius 2 is 2.12 bits per heavy atom. The lowest BCUT2D eigenvalue weighted by Crippen LogP contribution is -2.39. The van der Waals surface area contributed by atoms with Crippen LogP contribution in [0.2, 0.25) is 5.02 Å². The van der Waals surface area contributed by atoms with Crippen molar-refractivity contribution in [2.75, 3.05) is 12.4 Å². The van der Waals surface area contributed by atoms with Gasteiger partial charge in [-0.1, -0.05) is 11.6 Å². The van der Waals surface area contributed by atoms with Gasteiger partial charge < -0.3 is 15.8 Å². The zero-order valence-corrected chi connectivity index (χ0v) is 9.35. The van der Waals surface area contributed by atoms with Crippen molar-refractivity contribution in [2.24, 2.45) is 5.73 Å². The number of rotatable bonds is 2. The number of hydrogen-bond donors (Lipinski definition) is 5. The molecule has 6 N–H and O–H groups in total. The van der Waals surface area contributed by atoms with E-state index in [9.17, 15) is 0 Å². The maximum absolute atomic E-state index is 7.41. The molecule has 0 aromatic heterocycles. The van der Waals surface area contributed by atoms with Crippen molar-refractivity contribution in [2.45, 2.75) is 0 Å². The Hall–Kier alpha value is -1.95. The van der Waals surface area contributed by atoms with Crippen molar-refractivity contribution in [1.29, 1.82) is 10.8 Å². The average molecular weight is 242 g/mol. The van der Waals surface area contributed by atoms with Gasteiger partial charge in [0, 0.05) is 5.69 Å². The topological polar surface area (TPSA) is 107 Å². The summed E-state index contributed by atoms with van der Waals surface area (Å²) < 4.78 is 4.99. The van der Waals surface area contributed by atoms with Gasteiger partial charge in [0.25, 0.3) is 0 Å². The number of ether oxygens (including phenoxy) is 1. The lowest BCUT2D eigenvalue weighted by molar-refractivity contribution is 0.415. The zero-order chi connectivity index (χ0) is 12.1. The second kappa shape index (κ2) is 5.22. The first-order valence-corrected chi connectivity index (χ1v) is 4.71. The number of nitrogens with two attached hydrogens (primary N) is 1. The van der Waals surface area contributed by atoms with Gasteiger partial charge in [0.1, 0.15) is 5.75 Å². The monoisotopic (exact) mass is 241 g/mol. The first-order chi connectivity index (χ1) is 7.52. The summed E-state index contributed by atoms with van der Waals surface area (Å²) in [6, 6.07) is 4.98. The minimum Gasteiger partial charge on any atom is -0.495 e. The Balaban J connectivity index is 2.71. The SMILES string of the molecule is COc1ccc(NC(=N)NC(=N)N)cc1Cl. The van der Waals surface area contributed by atoms with Crippen molar-refractivity contribution >= 4 is 29.2 Å². The molecule has 1 rings (SSSR count). The van der Waals surface area contributed by atoms with E-state index < -0.39 is 0 Å². The number of benzene rings is 1. The molecule has 86 valence electrons. The van der Waals surface area contributed by atoms with Gasteiger partial charge in [-0.15, -0.1) is 0 Å². The first-order valence-electron chi connectivity index (χ1n) is 4.33. The van der Waals surface area contributed by atoms with Crippen LogP contribution in [-0.2, 0) is 0 Å². The number of hydrogen-bond acceptors (Lipinski definition) is 3. The summed E-state index contributed by atoms with van der Waals surface area (Å²) in [5, 5.41) is 19.8. The molecule has 0 spiro atoms. The molecule has 0 heterocycles. The molecule has 0 unspecified atom stereocenters. The highest BCUT2D eigenvalue weighted by atomic mass is 35.5. The van der Waals surface area contributed by atoms with Crippen LogP contribution in [0.15, 0.2) is 18.2 Å². The summed E-state index contributed by atoms with van der Waals surface area (Å²) in [6.45, 7) is 0. The van der Waals surface area contributed by atoms with Gasteiger partial charge in [0.05, 0.1) is 12.1 Å². The summed E-state index contributed by atoms with van der Waals surface area (Å²) in [6.07, 6.45) is 0. The van der Waals surface area contributed by atoms with E-state index in [-0.39, 0.29) is 11.9 Å². The summed E-state index contributed by atoms with van der Waals surface area (Å²) in [4.78, 5) is 0. The second-order valence-electron chi connectivity index (χ2n) is 2.89. The van der Waals surface area contributed by atoms with Crippen molar-refractivity contribution < 1.29 is 4.74 Å². The van der Waals surface area contributed by atoms with Crippen LogP contribution in [0.25, 0.3) is 0 Å². The molecule has 0 radical (unpaired) electrons. The highest BCUT2D eigenvalue weighted by molar-refractivity contribution is 6.32. The van der Waals surface area contributed by atoms with E-state index in [2.05, 4.69) is 10.6 Å². The fourth-order valence-electron chi connectivity index (χ4n) is 1.05. The molecule has 1 aromatic carbocycles. The van der Waals surface area contributed by atoms with E-state index in [1.54, 1.807) is 18.2 Å². The molecule has 7 heteroatoms. The minimum atomic E-state index is -0.308. The van der Waals surface area contributed by atoms with Crippen LogP contribution in [-0.4, -0.2) is 19.0 Å². The number of anilines is 1. The Kier molecular flexibility index (Phi) is 3.96. The van der Waals surface area contributed by atoms with Gasteiger partial charge in [-0.05, 0) is 18.2 Å². The van der Waals surface area contributed by atoms with Gasteiger partial charge >= 0.3 is 0 Å². The maximum Gasteiger partial charge on any atom is 0.199 e. The molecule has 0 saturated heterocycles. The molecule has 16 heavy (non-hydrogen) atoms. The minimum absolute atomic E-state index is 0.103. The first kappa shape index (κ1) is 12.1. The summed E-state index contributed by atoms with van der Waals surface area (Å²) in [5.41, 5.74) is 5.67. The predicted molar refractivity (Wildman–Crippen MR) is 64.4 cm³/mol. The van der Waals surface area contributed by atoms with Crippen LogP contribution >= 0.6 is 11.6 Å². The summed E-state index contributed by atoms with van der Waals surface area (Å²) >= 11 is 5.90. The normalized spacial score (nSPS) is 9.38. The third kappa shape index (κ3) is 3.32. The Labute approximate surface area is 97.8 Å². The molecule has 0 aliphatic carbocycles. The fraction of sp³-hybridized carbons (Fsp3) is 0.111. The second-order valence-corrected chi connectivity index (χ2v) is 3.30. The van der Waals surface area contributed by atoms with Crippen LogP contribution in [0.3, 0.4) is 0 Å². The van der Waals surface area contributed by atoms with E-state index in [4.69, 9.17) is 32.9 Å². The molecule has 0 aliphatic heterocycles. The van der Waals surface area contributed by atoms with E-state index in [0.29, 0.717) is 16.5 Å². The third-order valence-electron chi connectivity index (χ3n) is 1.68. The highest BCUT2D eigenvalue weighted by Crippen LogP contribution is 2.26. The van der Waals surface area contributed by atoms with Gasteiger partial charge in [-0.2, -0.15) is 0 Å². The van der Waals surface area contributed by atoms with Crippen molar-refractivity contribution in [3.8, 4) is 5.75 Å². The van der Waals surface area contributed by atoms with Gasteiger partial charge in [0.2, 0.25) is 0 Å². The Morgan fingerprint density at radius 1 is 1.44 bits per heavy atom. The quantitative estimate of drug-likeness (QED) is 0.396. The zero-order valence-electron chi connectivity index (χ0n) is 8.60. The van der Waals surface area contributed by atoms with Crippen molar-refractivity contribution in [1.82, 2.24) is 5.32 Å². The maximum atomic E-state index is 7.41. The molecule has 0 amide bonds. The lowest BCUT2D eigenvalue weighted by atomic mass is 10.3. The number of guanidine groups is 2. The van der Waals surface area contributed by atoms with Crippen molar-refractivity contribution in [3.63, 3.8) is 0 Å². The predicted octanol–water partition coefficient (Wildman–Crippen LogP) is 1.18. The number of halogens is 1. The van der Waals surface area contributed by atoms with E-state index in [0.717, 1.165) is 0 Å². The summed E-state index contributed by atoms with van der Waals surface area (Å²) in [7, 11) is 1.52. The number of nitrogens with one attached hydrogen (secondary N) is 4. The molecule has 0 fully saturated rings. The van der Waals surface area contributed by atoms with E-state index in [1.165, 1.54) is 7.11 Å². The molecular weight excluding hydrogens is 230 g/mol. The smallest absolute Gasteiger partial charge is 0.199 e. The Bertz CT molecular complexity index is 420. The largest absolute Gasteiger partial charge is 0.495 e. The van der Waals surface area contributed by atoms with Crippen LogP contribution in [0.5, 0.6) is 5.75 Å². The van der Waals surface area contributed by atoms with E-state index in [1.807, 2.05) is 0 Å². The number of methoxy groups -OCH3 is 1. The lowest BCUT2D eigenvalue weighted by Gasteiger charge is -2.10. The van der Waals surface area contributed by atoms with Crippen LogP contribution in [0, 0.1) is 10.8 Å². The van der Waals surface area contributed by atoms with Gasteiger partial charge in [-0.25, -0.2) is 0 Å². The third-order valence-corrected chi connectivity index (χ3v) is 1.98. The van der Waals surface area contributed by atoms with Crippen LogP contribution < -0.4 is 21.1 Å². The fourth-order valence-corrected chi connectivity index (χ4v) is 1.31. The molecule has 0 atom stereocenters. The molecule has 1 aromatic rings. The van der Waals surface area contributed by atoms with Crippen LogP contribution in [0.1, 0.15) is 0 Å². The molecule has 0 bridgehead atoms. The highest BCUT2D eigenvalue weighted by Gasteiger charge is 2.03.